The van der Waals surface area contributed by atoms with Gasteiger partial charge in [0.1, 0.15) is 6.04 Å². The Hall–Kier alpha value is -0.250. The topological polar surface area (TPSA) is 3.24 Å². The number of alkyl halides is 3. The fourth-order valence-corrected chi connectivity index (χ4v) is 2.51. The van der Waals surface area contributed by atoms with Crippen molar-refractivity contribution < 1.29 is 13.2 Å². The van der Waals surface area contributed by atoms with Gasteiger partial charge in [-0.25, -0.2) is 0 Å². The van der Waals surface area contributed by atoms with Gasteiger partial charge in [-0.1, -0.05) is 13.8 Å². The zero-order chi connectivity index (χ0) is 11.6. The molecule has 1 rings (SSSR count). The van der Waals surface area contributed by atoms with Crippen molar-refractivity contribution in [1.82, 2.24) is 4.90 Å². The molecule has 0 aromatic heterocycles. The van der Waals surface area contributed by atoms with Crippen LogP contribution in [0, 0.1) is 11.8 Å². The van der Waals surface area contributed by atoms with Gasteiger partial charge >= 0.3 is 6.18 Å². The molecule has 2 atom stereocenters. The first kappa shape index (κ1) is 12.8. The molecule has 0 radical (unpaired) electrons. The Balaban J connectivity index is 2.48. The lowest BCUT2D eigenvalue weighted by molar-refractivity contribution is -0.190. The summed E-state index contributed by atoms with van der Waals surface area (Å²) in [5.74, 6) is 1.01. The lowest BCUT2D eigenvalue weighted by Crippen LogP contribution is -2.49. The van der Waals surface area contributed by atoms with Crippen molar-refractivity contribution in [2.75, 3.05) is 13.6 Å². The monoisotopic (exact) mass is 223 g/mol. The summed E-state index contributed by atoms with van der Waals surface area (Å²) in [6.07, 6.45) is -2.05. The molecule has 1 saturated heterocycles. The summed E-state index contributed by atoms with van der Waals surface area (Å²) in [6.45, 7) is 4.83. The molecule has 15 heavy (non-hydrogen) atoms. The van der Waals surface area contributed by atoms with Crippen molar-refractivity contribution in [3.63, 3.8) is 0 Å². The van der Waals surface area contributed by atoms with E-state index in [1.807, 2.05) is 0 Å². The van der Waals surface area contributed by atoms with Gasteiger partial charge in [0.25, 0.3) is 0 Å². The maximum Gasteiger partial charge on any atom is 0.404 e. The zero-order valence-electron chi connectivity index (χ0n) is 9.64. The largest absolute Gasteiger partial charge is 0.404 e. The first-order valence-corrected chi connectivity index (χ1v) is 5.57. The molecule has 0 N–H and O–H groups in total. The number of nitrogens with zero attached hydrogens (tertiary/aromatic N) is 1. The van der Waals surface area contributed by atoms with Crippen LogP contribution in [-0.2, 0) is 0 Å². The normalized spacial score (nSPS) is 29.8. The summed E-state index contributed by atoms with van der Waals surface area (Å²) in [5, 5.41) is 0. The molecule has 0 aliphatic carbocycles. The third-order valence-electron chi connectivity index (χ3n) is 3.11. The molecule has 0 spiro atoms. The van der Waals surface area contributed by atoms with Crippen LogP contribution in [0.5, 0.6) is 0 Å². The molecule has 0 aromatic carbocycles. The highest BCUT2D eigenvalue weighted by molar-refractivity contribution is 4.84. The Labute approximate surface area is 89.6 Å². The summed E-state index contributed by atoms with van der Waals surface area (Å²) < 4.78 is 37.6. The van der Waals surface area contributed by atoms with Crippen molar-refractivity contribution >= 4 is 0 Å². The molecule has 90 valence electrons. The Morgan fingerprint density at radius 1 is 1.27 bits per heavy atom. The van der Waals surface area contributed by atoms with Crippen LogP contribution in [0.4, 0.5) is 13.2 Å². The van der Waals surface area contributed by atoms with E-state index in [4.69, 9.17) is 0 Å². The standard InChI is InChI=1S/C11H20F3N/c1-8(2)6-9-4-5-10(11(12,13)14)15(3)7-9/h8-10H,4-7H2,1-3H3/t9-,10-/m1/s1. The number of halogens is 3. The molecular weight excluding hydrogens is 203 g/mol. The van der Waals surface area contributed by atoms with E-state index in [0.29, 0.717) is 24.8 Å². The smallest absolute Gasteiger partial charge is 0.295 e. The van der Waals surface area contributed by atoms with Crippen molar-refractivity contribution in [2.45, 2.75) is 45.3 Å². The summed E-state index contributed by atoms with van der Waals surface area (Å²) >= 11 is 0. The van der Waals surface area contributed by atoms with Crippen molar-refractivity contribution in [1.29, 1.82) is 0 Å². The molecule has 0 amide bonds. The van der Waals surface area contributed by atoms with Crippen LogP contribution in [0.2, 0.25) is 0 Å². The van der Waals surface area contributed by atoms with Gasteiger partial charge in [0.15, 0.2) is 0 Å². The quantitative estimate of drug-likeness (QED) is 0.694. The van der Waals surface area contributed by atoms with E-state index in [1.165, 1.54) is 4.90 Å². The third-order valence-corrected chi connectivity index (χ3v) is 3.11. The maximum absolute atomic E-state index is 12.5. The van der Waals surface area contributed by atoms with E-state index in [0.717, 1.165) is 6.42 Å². The van der Waals surface area contributed by atoms with Crippen molar-refractivity contribution in [3.05, 3.63) is 0 Å². The summed E-state index contributed by atoms with van der Waals surface area (Å²) in [4.78, 5) is 1.47. The molecule has 4 heteroatoms. The molecule has 0 unspecified atom stereocenters. The molecule has 1 aliphatic heterocycles. The van der Waals surface area contributed by atoms with Crippen molar-refractivity contribution in [2.24, 2.45) is 11.8 Å². The van der Waals surface area contributed by atoms with Crippen LogP contribution in [0.3, 0.4) is 0 Å². The molecule has 1 nitrogen and oxygen atoms in total. The van der Waals surface area contributed by atoms with Crippen LogP contribution in [0.15, 0.2) is 0 Å². The zero-order valence-corrected chi connectivity index (χ0v) is 9.64. The second kappa shape index (κ2) is 4.73. The molecular formula is C11H20F3N. The van der Waals surface area contributed by atoms with Gasteiger partial charge in [-0.05, 0) is 38.1 Å². The number of rotatable bonds is 2. The van der Waals surface area contributed by atoms with E-state index >= 15 is 0 Å². The minimum atomic E-state index is -4.06. The molecule has 1 heterocycles. The van der Waals surface area contributed by atoms with Crippen LogP contribution in [0.25, 0.3) is 0 Å². The third kappa shape index (κ3) is 3.67. The molecule has 0 bridgehead atoms. The number of piperidine rings is 1. The average Bonchev–Trinajstić information content (AvgIpc) is 1.99. The average molecular weight is 223 g/mol. The maximum atomic E-state index is 12.5. The first-order chi connectivity index (χ1) is 6.80. The number of hydrogen-bond acceptors (Lipinski definition) is 1. The highest BCUT2D eigenvalue weighted by atomic mass is 19.4. The van der Waals surface area contributed by atoms with Crippen LogP contribution in [0.1, 0.15) is 33.1 Å². The first-order valence-electron chi connectivity index (χ1n) is 5.57. The van der Waals surface area contributed by atoms with E-state index < -0.39 is 12.2 Å². The molecule has 0 saturated carbocycles. The summed E-state index contributed by atoms with van der Waals surface area (Å²) in [5.41, 5.74) is 0. The van der Waals surface area contributed by atoms with Gasteiger partial charge in [0, 0.05) is 6.54 Å². The molecule has 1 fully saturated rings. The Bertz CT molecular complexity index is 200. The number of likely N-dealkylation sites (tertiary alicyclic amines) is 1. The minimum absolute atomic E-state index is 0.261. The highest BCUT2D eigenvalue weighted by Crippen LogP contribution is 2.34. The Morgan fingerprint density at radius 2 is 1.87 bits per heavy atom. The van der Waals surface area contributed by atoms with Gasteiger partial charge in [-0.3, -0.25) is 4.90 Å². The van der Waals surface area contributed by atoms with Gasteiger partial charge in [-0.15, -0.1) is 0 Å². The molecule has 0 aromatic rings. The van der Waals surface area contributed by atoms with Gasteiger partial charge in [-0.2, -0.15) is 13.2 Å². The lowest BCUT2D eigenvalue weighted by atomic mass is 9.87. The van der Waals surface area contributed by atoms with Gasteiger partial charge in [0.05, 0.1) is 0 Å². The Kier molecular flexibility index (Phi) is 4.04. The van der Waals surface area contributed by atoms with E-state index in [2.05, 4.69) is 13.8 Å². The Morgan fingerprint density at radius 3 is 2.27 bits per heavy atom. The predicted molar refractivity (Wildman–Crippen MR) is 54.7 cm³/mol. The van der Waals surface area contributed by atoms with Gasteiger partial charge < -0.3 is 0 Å². The second-order valence-electron chi connectivity index (χ2n) is 5.07. The number of hydrogen-bond donors (Lipinski definition) is 0. The second-order valence-corrected chi connectivity index (χ2v) is 5.07. The van der Waals surface area contributed by atoms with Crippen molar-refractivity contribution in [3.8, 4) is 0 Å². The van der Waals surface area contributed by atoms with Crippen LogP contribution in [-0.4, -0.2) is 30.7 Å². The summed E-state index contributed by atoms with van der Waals surface area (Å²) in [6, 6.07) is -1.22. The highest BCUT2D eigenvalue weighted by Gasteiger charge is 2.44. The van der Waals surface area contributed by atoms with Crippen LogP contribution < -0.4 is 0 Å². The van der Waals surface area contributed by atoms with Crippen LogP contribution >= 0.6 is 0 Å². The summed E-state index contributed by atoms with van der Waals surface area (Å²) in [7, 11) is 1.59. The molecule has 1 aliphatic rings. The lowest BCUT2D eigenvalue weighted by Gasteiger charge is -2.38. The fraction of sp³-hybridized carbons (Fsp3) is 1.00. The van der Waals surface area contributed by atoms with E-state index in [-0.39, 0.29) is 6.42 Å². The predicted octanol–water partition coefficient (Wildman–Crippen LogP) is 3.31. The SMILES string of the molecule is CC(C)C[C@H]1CC[C@H](C(F)(F)F)N(C)C1. The fourth-order valence-electron chi connectivity index (χ4n) is 2.51. The van der Waals surface area contributed by atoms with Gasteiger partial charge in [0.2, 0.25) is 0 Å². The van der Waals surface area contributed by atoms with E-state index in [9.17, 15) is 13.2 Å². The van der Waals surface area contributed by atoms with E-state index in [1.54, 1.807) is 7.05 Å². The minimum Gasteiger partial charge on any atom is -0.295 e.